The number of likely N-dealkylation sites (tertiary alicyclic amines) is 1. The number of hydrogen-bond donors (Lipinski definition) is 3. The van der Waals surface area contributed by atoms with E-state index in [1.54, 1.807) is 35.5 Å². The third-order valence-corrected chi connectivity index (χ3v) is 10.8. The summed E-state index contributed by atoms with van der Waals surface area (Å²) in [5.41, 5.74) is 7.93. The molecule has 1 aromatic carbocycles. The van der Waals surface area contributed by atoms with Crippen LogP contribution in [0.25, 0.3) is 5.57 Å². The van der Waals surface area contributed by atoms with Gasteiger partial charge in [-0.3, -0.25) is 9.69 Å². The summed E-state index contributed by atoms with van der Waals surface area (Å²) in [6.07, 6.45) is 15.5. The van der Waals surface area contributed by atoms with Crippen molar-refractivity contribution in [2.45, 2.75) is 103 Å². The highest BCUT2D eigenvalue weighted by molar-refractivity contribution is 6.30. The van der Waals surface area contributed by atoms with Crippen LogP contribution in [0.1, 0.15) is 103 Å². The van der Waals surface area contributed by atoms with Gasteiger partial charge in [0.15, 0.2) is 0 Å². The number of rotatable bonds is 14. The number of amides is 4. The minimum absolute atomic E-state index is 0.0921. The molecule has 1 aromatic heterocycles. The molecule has 0 saturated carbocycles. The number of nitrogens with one attached hydrogen (secondary N) is 2. The van der Waals surface area contributed by atoms with Gasteiger partial charge in [0.1, 0.15) is 11.7 Å². The highest BCUT2D eigenvalue weighted by Gasteiger charge is 2.37. The van der Waals surface area contributed by atoms with E-state index in [9.17, 15) is 14.4 Å². The normalized spacial score (nSPS) is 18.6. The van der Waals surface area contributed by atoms with Gasteiger partial charge in [-0.05, 0) is 88.6 Å². The molecule has 2 aliphatic heterocycles. The number of carbonyl (C=O) groups is 3. The Morgan fingerprint density at radius 1 is 1.05 bits per heavy atom. The first-order valence-electron chi connectivity index (χ1n) is 19.7. The monoisotopic (exact) mass is 794 g/mol. The molecule has 0 bridgehead atoms. The van der Waals surface area contributed by atoms with Crippen molar-refractivity contribution in [1.82, 2.24) is 34.9 Å². The van der Waals surface area contributed by atoms with E-state index >= 15 is 0 Å². The maximum absolute atomic E-state index is 14.0. The van der Waals surface area contributed by atoms with Crippen LogP contribution in [0.5, 0.6) is 0 Å². The first-order valence-corrected chi connectivity index (χ1v) is 20.1. The lowest BCUT2D eigenvalue weighted by atomic mass is 9.87. The molecule has 2 saturated heterocycles. The third kappa shape index (κ3) is 11.6. The molecule has 2 fully saturated rings. The standard InChI is InChI=1S/C42H63ClN8O5/c1-9-19-42(6,55-8)38(52)46-37(36-28-45-29-48(36)7)32(10-2)34-27-30(43)15-16-33(34)35(14-12-11-13-20-44)49-23-25-51(26-24-49)40(54)56-31-17-21-50(22-18-31)39(53)47-41(3,4)5/h10-13,15-16,20,27-29,31,35,37H,9,14,17-19,21-26,44H2,1-8H3,(H,46,52)(H,47,53)/b12-11-,20-13-,32-10+. The van der Waals surface area contributed by atoms with E-state index < -0.39 is 11.6 Å². The Morgan fingerprint density at radius 2 is 1.75 bits per heavy atom. The molecule has 3 atom stereocenters. The molecular formula is C42H63ClN8O5. The molecule has 4 rings (SSSR count). The summed E-state index contributed by atoms with van der Waals surface area (Å²) < 4.78 is 13.6. The molecule has 4 amide bonds. The van der Waals surface area contributed by atoms with E-state index in [2.05, 4.69) is 32.7 Å². The Labute approximate surface area is 338 Å². The molecule has 3 unspecified atom stereocenters. The zero-order valence-electron chi connectivity index (χ0n) is 34.5. The van der Waals surface area contributed by atoms with E-state index in [0.717, 1.165) is 28.8 Å². The number of benzene rings is 1. The Bertz CT molecular complexity index is 1720. The van der Waals surface area contributed by atoms with Gasteiger partial charge >= 0.3 is 12.1 Å². The molecule has 14 heteroatoms. The molecule has 2 aromatic rings. The summed E-state index contributed by atoms with van der Waals surface area (Å²) in [6, 6.07) is 5.17. The highest BCUT2D eigenvalue weighted by Crippen LogP contribution is 2.39. The maximum Gasteiger partial charge on any atom is 0.410 e. The number of urea groups is 1. The molecule has 0 aliphatic carbocycles. The fraction of sp³-hybridized carbons (Fsp3) is 0.571. The van der Waals surface area contributed by atoms with Crippen LogP contribution in [0.4, 0.5) is 9.59 Å². The van der Waals surface area contributed by atoms with Crippen molar-refractivity contribution in [3.8, 4) is 0 Å². The van der Waals surface area contributed by atoms with Crippen LogP contribution in [0.15, 0.2) is 61.2 Å². The van der Waals surface area contributed by atoms with Crippen LogP contribution in [-0.2, 0) is 21.3 Å². The molecule has 3 heterocycles. The third-order valence-electron chi connectivity index (χ3n) is 10.6. The molecule has 308 valence electrons. The molecule has 56 heavy (non-hydrogen) atoms. The molecule has 4 N–H and O–H groups in total. The van der Waals surface area contributed by atoms with Crippen molar-refractivity contribution in [1.29, 1.82) is 0 Å². The number of nitrogens with two attached hydrogens (primary N) is 1. The molecular weight excluding hydrogens is 732 g/mol. The number of hydrogen-bond acceptors (Lipinski definition) is 8. The number of methoxy groups -OCH3 is 1. The van der Waals surface area contributed by atoms with Crippen molar-refractivity contribution in [3.05, 3.63) is 83.1 Å². The number of aryl methyl sites for hydroxylation is 1. The van der Waals surface area contributed by atoms with Crippen LogP contribution in [0, 0.1) is 0 Å². The largest absolute Gasteiger partial charge is 0.446 e. The second-order valence-electron chi connectivity index (χ2n) is 15.8. The number of allylic oxidation sites excluding steroid dienone is 3. The zero-order chi connectivity index (χ0) is 41.0. The predicted octanol–water partition coefficient (Wildman–Crippen LogP) is 6.73. The predicted molar refractivity (Wildman–Crippen MR) is 222 cm³/mol. The van der Waals surface area contributed by atoms with Crippen LogP contribution < -0.4 is 16.4 Å². The number of halogens is 1. The van der Waals surface area contributed by atoms with Crippen LogP contribution >= 0.6 is 11.6 Å². The number of imidazole rings is 1. The van der Waals surface area contributed by atoms with Gasteiger partial charge in [0.2, 0.25) is 0 Å². The number of aromatic nitrogens is 2. The summed E-state index contributed by atoms with van der Waals surface area (Å²) in [4.78, 5) is 50.3. The van der Waals surface area contributed by atoms with Crippen LogP contribution in [0.3, 0.4) is 0 Å². The Hall–Kier alpha value is -4.33. The second-order valence-corrected chi connectivity index (χ2v) is 16.3. The van der Waals surface area contributed by atoms with Crippen molar-refractivity contribution in [2.24, 2.45) is 12.8 Å². The van der Waals surface area contributed by atoms with E-state index in [0.29, 0.717) is 70.0 Å². The van der Waals surface area contributed by atoms with Gasteiger partial charge in [0.25, 0.3) is 5.91 Å². The van der Waals surface area contributed by atoms with E-state index in [1.807, 2.05) is 77.4 Å². The number of carbonyl (C=O) groups excluding carboxylic acids is 3. The number of ether oxygens (including phenoxy) is 2. The first kappa shape index (κ1) is 44.4. The van der Waals surface area contributed by atoms with Gasteiger partial charge in [-0.2, -0.15) is 0 Å². The average Bonchev–Trinajstić information content (AvgIpc) is 3.60. The van der Waals surface area contributed by atoms with Gasteiger partial charge in [0.05, 0.1) is 24.3 Å². The van der Waals surface area contributed by atoms with Crippen LogP contribution in [-0.4, -0.2) is 106 Å². The van der Waals surface area contributed by atoms with Crippen molar-refractivity contribution in [3.63, 3.8) is 0 Å². The van der Waals surface area contributed by atoms with Crippen molar-refractivity contribution < 1.29 is 23.9 Å². The lowest BCUT2D eigenvalue weighted by Gasteiger charge is -2.40. The molecule has 13 nitrogen and oxygen atoms in total. The van der Waals surface area contributed by atoms with E-state index in [-0.39, 0.29) is 35.7 Å². The fourth-order valence-electron chi connectivity index (χ4n) is 7.41. The summed E-state index contributed by atoms with van der Waals surface area (Å²) in [6.45, 7) is 15.0. The Morgan fingerprint density at radius 3 is 2.32 bits per heavy atom. The second kappa shape index (κ2) is 20.2. The van der Waals surface area contributed by atoms with Gasteiger partial charge in [0, 0.05) is 82.9 Å². The lowest BCUT2D eigenvalue weighted by molar-refractivity contribution is -0.142. The fourth-order valence-corrected chi connectivity index (χ4v) is 7.58. The molecule has 2 aliphatic rings. The topological polar surface area (TPSA) is 147 Å². The summed E-state index contributed by atoms with van der Waals surface area (Å²) in [5, 5.41) is 6.89. The molecule has 0 radical (unpaired) electrons. The highest BCUT2D eigenvalue weighted by atomic mass is 35.5. The Kier molecular flexibility index (Phi) is 16.0. The lowest BCUT2D eigenvalue weighted by Crippen LogP contribution is -2.53. The first-order chi connectivity index (χ1) is 26.6. The molecule has 0 spiro atoms. The quantitative estimate of drug-likeness (QED) is 0.179. The SMILES string of the molecule is C/C=C(\c1cc(Cl)ccc1C(C/C=C\C=C/N)N1CCN(C(=O)OC2CCN(C(=O)NC(C)(C)C)CC2)CC1)C(NC(=O)C(C)(CCC)OC)c1cncn1C. The summed E-state index contributed by atoms with van der Waals surface area (Å²) >= 11 is 6.76. The number of nitrogens with zero attached hydrogens (tertiary/aromatic N) is 5. The summed E-state index contributed by atoms with van der Waals surface area (Å²) in [5.74, 6) is -0.219. The van der Waals surface area contributed by atoms with E-state index in [1.165, 1.54) is 6.20 Å². The van der Waals surface area contributed by atoms with E-state index in [4.69, 9.17) is 26.8 Å². The van der Waals surface area contributed by atoms with Gasteiger partial charge < -0.3 is 40.2 Å². The van der Waals surface area contributed by atoms with Gasteiger partial charge in [-0.25, -0.2) is 14.6 Å². The van der Waals surface area contributed by atoms with Crippen molar-refractivity contribution >= 4 is 35.2 Å². The minimum atomic E-state index is -1.02. The minimum Gasteiger partial charge on any atom is -0.446 e. The van der Waals surface area contributed by atoms with Crippen LogP contribution in [0.2, 0.25) is 5.02 Å². The number of piperidine rings is 1. The van der Waals surface area contributed by atoms with Gasteiger partial charge in [-0.1, -0.05) is 49.2 Å². The average molecular weight is 795 g/mol. The summed E-state index contributed by atoms with van der Waals surface area (Å²) in [7, 11) is 3.48. The smallest absolute Gasteiger partial charge is 0.410 e. The Balaban J connectivity index is 1.57. The number of piperazine rings is 1. The van der Waals surface area contributed by atoms with Crippen molar-refractivity contribution in [2.75, 3.05) is 46.4 Å². The maximum atomic E-state index is 14.0. The van der Waals surface area contributed by atoms with Gasteiger partial charge in [-0.15, -0.1) is 0 Å². The zero-order valence-corrected chi connectivity index (χ0v) is 35.3.